The van der Waals surface area contributed by atoms with Crippen LogP contribution in [0.2, 0.25) is 0 Å². The molecule has 0 spiro atoms. The summed E-state index contributed by atoms with van der Waals surface area (Å²) in [6, 6.07) is 7.34. The first-order valence-electron chi connectivity index (χ1n) is 7.57. The number of fused-ring (bicyclic) bond motifs is 1. The van der Waals surface area contributed by atoms with Crippen molar-refractivity contribution < 1.29 is 14.2 Å². The molecule has 1 aromatic heterocycles. The van der Waals surface area contributed by atoms with Gasteiger partial charge in [-0.1, -0.05) is 19.8 Å². The lowest BCUT2D eigenvalue weighted by molar-refractivity contribution is -0.586. The third-order valence-electron chi connectivity index (χ3n) is 3.58. The summed E-state index contributed by atoms with van der Waals surface area (Å²) in [6.45, 7) is 4.69. The summed E-state index contributed by atoms with van der Waals surface area (Å²) in [7, 11) is 1.63. The van der Waals surface area contributed by atoms with Crippen LogP contribution in [0.1, 0.15) is 38.8 Å². The highest BCUT2D eigenvalue weighted by atomic mass is 16.5. The van der Waals surface area contributed by atoms with E-state index >= 15 is 0 Å². The van der Waals surface area contributed by atoms with E-state index in [4.69, 9.17) is 9.47 Å². The van der Waals surface area contributed by atoms with E-state index in [1.54, 1.807) is 13.2 Å². The average molecular weight is 289 g/mol. The first-order valence-corrected chi connectivity index (χ1v) is 7.57. The zero-order valence-electron chi connectivity index (χ0n) is 13.0. The number of aryl methyl sites for hydroxylation is 1. The molecular formula is C17H23NO3. The lowest BCUT2D eigenvalue weighted by atomic mass is 10.1. The highest BCUT2D eigenvalue weighted by Gasteiger charge is 2.16. The van der Waals surface area contributed by atoms with Gasteiger partial charge in [-0.05, 0) is 25.5 Å². The summed E-state index contributed by atoms with van der Waals surface area (Å²) >= 11 is 0. The Morgan fingerprint density at radius 2 is 1.95 bits per heavy atom. The van der Waals surface area contributed by atoms with Crippen LogP contribution in [-0.4, -0.2) is 13.7 Å². The molecule has 4 heteroatoms. The minimum absolute atomic E-state index is 0.598. The second-order valence-electron chi connectivity index (χ2n) is 5.07. The van der Waals surface area contributed by atoms with Crippen molar-refractivity contribution in [1.29, 1.82) is 0 Å². The summed E-state index contributed by atoms with van der Waals surface area (Å²) < 4.78 is 12.0. The normalized spacial score (nSPS) is 10.8. The molecule has 0 fully saturated rings. The van der Waals surface area contributed by atoms with Crippen molar-refractivity contribution in [3.63, 3.8) is 0 Å². The van der Waals surface area contributed by atoms with Gasteiger partial charge in [0.15, 0.2) is 5.69 Å². The van der Waals surface area contributed by atoms with Crippen LogP contribution in [0.25, 0.3) is 10.9 Å². The lowest BCUT2D eigenvalue weighted by Crippen LogP contribution is -2.32. The summed E-state index contributed by atoms with van der Waals surface area (Å²) in [5, 5.41) is 13.3. The minimum atomic E-state index is 0.598. The van der Waals surface area contributed by atoms with Crippen molar-refractivity contribution in [3.8, 4) is 11.5 Å². The molecule has 0 bridgehead atoms. The van der Waals surface area contributed by atoms with Crippen LogP contribution in [-0.2, 0) is 6.42 Å². The predicted octanol–water partition coefficient (Wildman–Crippen LogP) is 3.61. The first kappa shape index (κ1) is 15.4. The average Bonchev–Trinajstić information content (AvgIpc) is 2.50. The predicted molar refractivity (Wildman–Crippen MR) is 83.9 cm³/mol. The molecule has 0 saturated heterocycles. The van der Waals surface area contributed by atoms with E-state index in [2.05, 4.69) is 6.92 Å². The number of nitrogens with zero attached hydrogens (tertiary/aromatic N) is 1. The van der Waals surface area contributed by atoms with Crippen LogP contribution < -0.4 is 14.2 Å². The topological polar surface area (TPSA) is 45.4 Å². The maximum Gasteiger partial charge on any atom is 0.228 e. The van der Waals surface area contributed by atoms with Crippen molar-refractivity contribution in [1.82, 2.24) is 0 Å². The van der Waals surface area contributed by atoms with Gasteiger partial charge in [0, 0.05) is 18.6 Å². The molecular weight excluding hydrogens is 266 g/mol. The van der Waals surface area contributed by atoms with Crippen LogP contribution in [0, 0.1) is 5.21 Å². The second-order valence-corrected chi connectivity index (χ2v) is 5.07. The molecule has 2 rings (SSSR count). The summed E-state index contributed by atoms with van der Waals surface area (Å²) in [6.07, 6.45) is 4.06. The van der Waals surface area contributed by atoms with Crippen LogP contribution >= 0.6 is 0 Å². The maximum atomic E-state index is 12.5. The molecule has 0 aliphatic heterocycles. The van der Waals surface area contributed by atoms with E-state index < -0.39 is 0 Å². The smallest absolute Gasteiger partial charge is 0.228 e. The summed E-state index contributed by atoms with van der Waals surface area (Å²) in [5.41, 5.74) is 1.39. The quantitative estimate of drug-likeness (QED) is 0.444. The van der Waals surface area contributed by atoms with Gasteiger partial charge in [-0.2, -0.15) is 4.73 Å². The van der Waals surface area contributed by atoms with E-state index in [0.717, 1.165) is 53.0 Å². The molecule has 0 amide bonds. The van der Waals surface area contributed by atoms with Crippen molar-refractivity contribution in [2.45, 2.75) is 39.5 Å². The Kier molecular flexibility index (Phi) is 5.26. The monoisotopic (exact) mass is 289 g/mol. The molecule has 0 radical (unpaired) electrons. The minimum Gasteiger partial charge on any atom is -0.618 e. The number of methoxy groups -OCH3 is 1. The van der Waals surface area contributed by atoms with Gasteiger partial charge in [-0.25, -0.2) is 0 Å². The lowest BCUT2D eigenvalue weighted by Gasteiger charge is -2.12. The second kappa shape index (κ2) is 7.16. The van der Waals surface area contributed by atoms with Gasteiger partial charge in [-0.15, -0.1) is 0 Å². The molecule has 1 aromatic carbocycles. The number of benzene rings is 1. The van der Waals surface area contributed by atoms with E-state index in [-0.39, 0.29) is 0 Å². The molecule has 2 aromatic rings. The zero-order valence-corrected chi connectivity index (χ0v) is 13.0. The standard InChI is InChI=1S/C17H23NO3/c1-4-6-7-8-13-11-17(20-3)15-12-14(21-5-2)9-10-16(15)18(13)19/h9-12H,4-8H2,1-3H3. The molecule has 4 nitrogen and oxygen atoms in total. The van der Waals surface area contributed by atoms with E-state index in [0.29, 0.717) is 12.1 Å². The Morgan fingerprint density at radius 1 is 1.14 bits per heavy atom. The largest absolute Gasteiger partial charge is 0.618 e. The van der Waals surface area contributed by atoms with Crippen LogP contribution in [0.3, 0.4) is 0 Å². The number of hydrogen-bond donors (Lipinski definition) is 0. The molecule has 21 heavy (non-hydrogen) atoms. The van der Waals surface area contributed by atoms with Crippen molar-refractivity contribution in [3.05, 3.63) is 35.2 Å². The number of rotatable bonds is 7. The molecule has 114 valence electrons. The van der Waals surface area contributed by atoms with Crippen molar-refractivity contribution >= 4 is 10.9 Å². The van der Waals surface area contributed by atoms with Gasteiger partial charge in [-0.3, -0.25) is 0 Å². The Hall–Kier alpha value is -1.97. The summed E-state index contributed by atoms with van der Waals surface area (Å²) in [5.74, 6) is 1.48. The van der Waals surface area contributed by atoms with Crippen molar-refractivity contribution in [2.24, 2.45) is 0 Å². The van der Waals surface area contributed by atoms with Gasteiger partial charge in [0.25, 0.3) is 0 Å². The van der Waals surface area contributed by atoms with Crippen molar-refractivity contribution in [2.75, 3.05) is 13.7 Å². The van der Waals surface area contributed by atoms with E-state index in [9.17, 15) is 5.21 Å². The fourth-order valence-corrected chi connectivity index (χ4v) is 2.49. The Morgan fingerprint density at radius 3 is 2.62 bits per heavy atom. The van der Waals surface area contributed by atoms with Gasteiger partial charge >= 0.3 is 0 Å². The molecule has 0 N–H and O–H groups in total. The third kappa shape index (κ3) is 3.38. The number of pyridine rings is 1. The maximum absolute atomic E-state index is 12.5. The van der Waals surface area contributed by atoms with Gasteiger partial charge in [0.2, 0.25) is 5.52 Å². The number of ether oxygens (including phenoxy) is 2. The van der Waals surface area contributed by atoms with Gasteiger partial charge < -0.3 is 14.7 Å². The number of hydrogen-bond acceptors (Lipinski definition) is 3. The SMILES string of the molecule is CCCCCc1cc(OC)c2cc(OCC)ccc2[n+]1[O-]. The van der Waals surface area contributed by atoms with Crippen LogP contribution in [0.15, 0.2) is 24.3 Å². The fourth-order valence-electron chi connectivity index (χ4n) is 2.49. The fraction of sp³-hybridized carbons (Fsp3) is 0.471. The number of unbranched alkanes of at least 4 members (excludes halogenated alkanes) is 2. The Labute approximate surface area is 125 Å². The Balaban J connectivity index is 2.45. The van der Waals surface area contributed by atoms with E-state index in [1.165, 1.54) is 0 Å². The highest BCUT2D eigenvalue weighted by molar-refractivity contribution is 5.84. The van der Waals surface area contributed by atoms with Crippen LogP contribution in [0.5, 0.6) is 11.5 Å². The van der Waals surface area contributed by atoms with E-state index in [1.807, 2.05) is 25.1 Å². The zero-order chi connectivity index (χ0) is 15.2. The Bertz CT molecular complexity index is 610. The third-order valence-corrected chi connectivity index (χ3v) is 3.58. The molecule has 0 aliphatic rings. The van der Waals surface area contributed by atoms with Gasteiger partial charge in [0.05, 0.1) is 19.1 Å². The molecule has 0 atom stereocenters. The number of aromatic nitrogens is 1. The molecule has 0 aliphatic carbocycles. The highest BCUT2D eigenvalue weighted by Crippen LogP contribution is 2.28. The van der Waals surface area contributed by atoms with Gasteiger partial charge in [0.1, 0.15) is 11.5 Å². The van der Waals surface area contributed by atoms with Crippen LogP contribution in [0.4, 0.5) is 0 Å². The molecule has 0 unspecified atom stereocenters. The first-order chi connectivity index (χ1) is 10.2. The summed E-state index contributed by atoms with van der Waals surface area (Å²) in [4.78, 5) is 0. The molecule has 0 saturated carbocycles. The molecule has 1 heterocycles.